The normalized spacial score (nSPS) is 12.0. The fourth-order valence-corrected chi connectivity index (χ4v) is 2.60. The van der Waals surface area contributed by atoms with Crippen LogP contribution in [0.1, 0.15) is 34.8 Å². The highest BCUT2D eigenvalue weighted by atomic mass is 79.9. The molecular formula is C18H15BrN2O4. The molecule has 0 saturated heterocycles. The molecule has 6 nitrogen and oxygen atoms in total. The van der Waals surface area contributed by atoms with Crippen LogP contribution in [-0.2, 0) is 4.74 Å². The van der Waals surface area contributed by atoms with Crippen molar-refractivity contribution in [3.8, 4) is 17.2 Å². The molecule has 0 radical (unpaired) electrons. The number of aromatic nitrogens is 2. The molecule has 0 fully saturated rings. The van der Waals surface area contributed by atoms with Crippen LogP contribution in [0.4, 0.5) is 0 Å². The Morgan fingerprint density at radius 3 is 2.80 bits per heavy atom. The maximum Gasteiger partial charge on any atom is 0.342 e. The minimum atomic E-state index is -0.753. The van der Waals surface area contributed by atoms with Gasteiger partial charge in [0.15, 0.2) is 6.10 Å². The van der Waals surface area contributed by atoms with Crippen LogP contribution in [0, 0.1) is 6.92 Å². The topological polar surface area (TPSA) is 85.5 Å². The van der Waals surface area contributed by atoms with E-state index in [1.165, 1.54) is 12.1 Å². The maximum absolute atomic E-state index is 12.2. The van der Waals surface area contributed by atoms with Crippen LogP contribution < -0.4 is 0 Å². The van der Waals surface area contributed by atoms with Gasteiger partial charge in [-0.25, -0.2) is 4.79 Å². The molecule has 7 heteroatoms. The number of benzene rings is 2. The largest absolute Gasteiger partial charge is 0.507 e. The monoisotopic (exact) mass is 402 g/mol. The van der Waals surface area contributed by atoms with Gasteiger partial charge in [-0.05, 0) is 44.2 Å². The highest BCUT2D eigenvalue weighted by Crippen LogP contribution is 2.27. The third kappa shape index (κ3) is 3.88. The molecule has 1 N–H and O–H groups in total. The van der Waals surface area contributed by atoms with E-state index in [1.807, 2.05) is 31.2 Å². The molecule has 0 spiro atoms. The predicted molar refractivity (Wildman–Crippen MR) is 94.1 cm³/mol. The van der Waals surface area contributed by atoms with Crippen molar-refractivity contribution in [2.45, 2.75) is 20.0 Å². The van der Waals surface area contributed by atoms with Crippen LogP contribution in [-0.4, -0.2) is 21.3 Å². The molecule has 0 saturated carbocycles. The lowest BCUT2D eigenvalue weighted by molar-refractivity contribution is 0.0276. The first kappa shape index (κ1) is 17.2. The van der Waals surface area contributed by atoms with Gasteiger partial charge < -0.3 is 14.3 Å². The van der Waals surface area contributed by atoms with E-state index in [-0.39, 0.29) is 17.2 Å². The third-order valence-corrected chi connectivity index (χ3v) is 4.01. The molecule has 0 bridgehead atoms. The Hall–Kier alpha value is -2.67. The second-order valence-corrected chi connectivity index (χ2v) is 6.44. The van der Waals surface area contributed by atoms with E-state index >= 15 is 0 Å². The van der Waals surface area contributed by atoms with Gasteiger partial charge in [0.2, 0.25) is 5.89 Å². The van der Waals surface area contributed by atoms with Crippen molar-refractivity contribution in [3.05, 3.63) is 64.0 Å². The molecule has 1 heterocycles. The average Bonchev–Trinajstić information content (AvgIpc) is 3.07. The summed E-state index contributed by atoms with van der Waals surface area (Å²) < 4.78 is 11.6. The van der Waals surface area contributed by atoms with E-state index in [4.69, 9.17) is 9.15 Å². The summed E-state index contributed by atoms with van der Waals surface area (Å²) in [6.07, 6.45) is -0.753. The summed E-state index contributed by atoms with van der Waals surface area (Å²) in [7, 11) is 0. The Bertz CT molecular complexity index is 923. The van der Waals surface area contributed by atoms with Gasteiger partial charge in [-0.15, -0.1) is 10.2 Å². The number of phenolic OH excluding ortho intramolecular Hbond substituents is 1. The second-order valence-electron chi connectivity index (χ2n) is 5.52. The smallest absolute Gasteiger partial charge is 0.342 e. The zero-order valence-electron chi connectivity index (χ0n) is 13.6. The van der Waals surface area contributed by atoms with Crippen molar-refractivity contribution in [3.63, 3.8) is 0 Å². The lowest BCUT2D eigenvalue weighted by atomic mass is 10.1. The van der Waals surface area contributed by atoms with Gasteiger partial charge in [0.25, 0.3) is 5.89 Å². The average molecular weight is 403 g/mol. The molecule has 2 aromatic carbocycles. The summed E-state index contributed by atoms with van der Waals surface area (Å²) in [6.45, 7) is 3.59. The standard InChI is InChI=1S/C18H15BrN2O4/c1-10-4-3-5-12(8-10)17-21-20-16(25-17)11(2)24-18(23)14-9-13(19)6-7-15(14)22/h3-9,11,22H,1-2H3. The number of aryl methyl sites for hydroxylation is 1. The number of aromatic hydroxyl groups is 1. The molecule has 1 aromatic heterocycles. The summed E-state index contributed by atoms with van der Waals surface area (Å²) in [5.74, 6) is -0.306. The second kappa shape index (κ2) is 7.06. The SMILES string of the molecule is Cc1cccc(-c2nnc(C(C)OC(=O)c3cc(Br)ccc3O)o2)c1. The van der Waals surface area contributed by atoms with Crippen molar-refractivity contribution in [1.82, 2.24) is 10.2 Å². The van der Waals surface area contributed by atoms with Gasteiger partial charge in [-0.1, -0.05) is 33.6 Å². The molecule has 3 aromatic rings. The number of carbonyl (C=O) groups excluding carboxylic acids is 1. The molecule has 1 atom stereocenters. The molecule has 25 heavy (non-hydrogen) atoms. The Labute approximate surface area is 152 Å². The summed E-state index contributed by atoms with van der Waals surface area (Å²) >= 11 is 3.25. The first-order valence-corrected chi connectivity index (χ1v) is 8.33. The zero-order chi connectivity index (χ0) is 18.0. The number of phenols is 1. The quantitative estimate of drug-likeness (QED) is 0.649. The Morgan fingerprint density at radius 1 is 1.24 bits per heavy atom. The molecule has 0 aliphatic carbocycles. The van der Waals surface area contributed by atoms with Crippen LogP contribution in [0.5, 0.6) is 5.75 Å². The van der Waals surface area contributed by atoms with Gasteiger partial charge in [-0.2, -0.15) is 0 Å². The molecule has 1 unspecified atom stereocenters. The summed E-state index contributed by atoms with van der Waals surface area (Å²) in [6, 6.07) is 12.2. The van der Waals surface area contributed by atoms with Gasteiger partial charge in [0, 0.05) is 10.0 Å². The first-order valence-electron chi connectivity index (χ1n) is 7.54. The molecular weight excluding hydrogens is 388 g/mol. The van der Waals surface area contributed by atoms with Crippen molar-refractivity contribution >= 4 is 21.9 Å². The number of hydrogen-bond acceptors (Lipinski definition) is 6. The molecule has 0 amide bonds. The number of rotatable bonds is 4. The van der Waals surface area contributed by atoms with Crippen molar-refractivity contribution in [2.24, 2.45) is 0 Å². The van der Waals surface area contributed by atoms with E-state index < -0.39 is 12.1 Å². The van der Waals surface area contributed by atoms with Gasteiger partial charge in [-0.3, -0.25) is 0 Å². The summed E-state index contributed by atoms with van der Waals surface area (Å²) in [4.78, 5) is 12.2. The minimum Gasteiger partial charge on any atom is -0.507 e. The molecule has 0 aliphatic rings. The number of esters is 1. The van der Waals surface area contributed by atoms with Crippen LogP contribution in [0.15, 0.2) is 51.4 Å². The maximum atomic E-state index is 12.2. The molecule has 0 aliphatic heterocycles. The fourth-order valence-electron chi connectivity index (χ4n) is 2.24. The van der Waals surface area contributed by atoms with E-state index in [1.54, 1.807) is 13.0 Å². The highest BCUT2D eigenvalue weighted by molar-refractivity contribution is 9.10. The van der Waals surface area contributed by atoms with Crippen LogP contribution in [0.2, 0.25) is 0 Å². The third-order valence-electron chi connectivity index (χ3n) is 3.52. The van der Waals surface area contributed by atoms with E-state index in [9.17, 15) is 9.90 Å². The van der Waals surface area contributed by atoms with E-state index in [2.05, 4.69) is 26.1 Å². The number of carbonyl (C=O) groups is 1. The molecule has 3 rings (SSSR count). The predicted octanol–water partition coefficient (Wildman–Crippen LogP) is 4.43. The van der Waals surface area contributed by atoms with Crippen LogP contribution in [0.25, 0.3) is 11.5 Å². The summed E-state index contributed by atoms with van der Waals surface area (Å²) in [5, 5.41) is 17.7. The van der Waals surface area contributed by atoms with Crippen molar-refractivity contribution in [1.29, 1.82) is 0 Å². The number of nitrogens with zero attached hydrogens (tertiary/aromatic N) is 2. The highest BCUT2D eigenvalue weighted by Gasteiger charge is 2.22. The molecule has 128 valence electrons. The zero-order valence-corrected chi connectivity index (χ0v) is 15.1. The van der Waals surface area contributed by atoms with Crippen LogP contribution in [0.3, 0.4) is 0 Å². The minimum absolute atomic E-state index is 0.0552. The lowest BCUT2D eigenvalue weighted by Crippen LogP contribution is -2.10. The van der Waals surface area contributed by atoms with Crippen molar-refractivity contribution < 1.29 is 19.1 Å². The first-order chi connectivity index (χ1) is 11.9. The van der Waals surface area contributed by atoms with Gasteiger partial charge in [0.05, 0.1) is 0 Å². The van der Waals surface area contributed by atoms with Crippen molar-refractivity contribution in [2.75, 3.05) is 0 Å². The van der Waals surface area contributed by atoms with E-state index in [0.717, 1.165) is 11.1 Å². The Morgan fingerprint density at radius 2 is 2.04 bits per heavy atom. The lowest BCUT2D eigenvalue weighted by Gasteiger charge is -2.10. The number of ether oxygens (including phenoxy) is 1. The Balaban J connectivity index is 1.77. The fraction of sp³-hybridized carbons (Fsp3) is 0.167. The Kier molecular flexibility index (Phi) is 4.85. The van der Waals surface area contributed by atoms with Gasteiger partial charge in [0.1, 0.15) is 11.3 Å². The number of hydrogen-bond donors (Lipinski definition) is 1. The number of halogens is 1. The van der Waals surface area contributed by atoms with Crippen LogP contribution >= 0.6 is 15.9 Å². The summed E-state index contributed by atoms with van der Waals surface area (Å²) in [5.41, 5.74) is 1.92. The van der Waals surface area contributed by atoms with E-state index in [0.29, 0.717) is 10.4 Å². The van der Waals surface area contributed by atoms with Gasteiger partial charge >= 0.3 is 5.97 Å².